The zero-order valence-electron chi connectivity index (χ0n) is 16.7. The summed E-state index contributed by atoms with van der Waals surface area (Å²) >= 11 is 6.12. The molecule has 2 amide bonds. The molecule has 0 aliphatic carbocycles. The quantitative estimate of drug-likeness (QED) is 0.692. The number of morpholine rings is 1. The first-order valence-corrected chi connectivity index (χ1v) is 10.5. The molecule has 2 aromatic rings. The van der Waals surface area contributed by atoms with Crippen molar-refractivity contribution in [1.29, 1.82) is 0 Å². The standard InChI is InChI=1S/C22H25ClN4O3/c23-16-6-7-20-18(14-16)25-22(29)17-4-1-2-5-19(17)27(20)21(28)15-24-8-3-9-26-10-12-30-13-11-26/h1-2,4-7,14,24H,3,8-13,15H2,(H,25,29). The van der Waals surface area contributed by atoms with Gasteiger partial charge >= 0.3 is 0 Å². The number of carbonyl (C=O) groups excluding carboxylic acids is 2. The first kappa shape index (κ1) is 20.8. The average molecular weight is 429 g/mol. The van der Waals surface area contributed by atoms with E-state index < -0.39 is 0 Å². The van der Waals surface area contributed by atoms with Gasteiger partial charge in [-0.1, -0.05) is 23.7 Å². The molecule has 2 heterocycles. The Bertz CT molecular complexity index is 930. The minimum Gasteiger partial charge on any atom is -0.379 e. The number of benzene rings is 2. The van der Waals surface area contributed by atoms with Crippen LogP contribution in [-0.2, 0) is 9.53 Å². The van der Waals surface area contributed by atoms with Crippen LogP contribution in [0.5, 0.6) is 0 Å². The average Bonchev–Trinajstić information content (AvgIpc) is 2.88. The van der Waals surface area contributed by atoms with Gasteiger partial charge in [0.05, 0.1) is 42.4 Å². The van der Waals surface area contributed by atoms with Gasteiger partial charge < -0.3 is 15.4 Å². The van der Waals surface area contributed by atoms with Gasteiger partial charge in [-0.2, -0.15) is 0 Å². The number of nitrogens with zero attached hydrogens (tertiary/aromatic N) is 2. The monoisotopic (exact) mass is 428 g/mol. The molecule has 1 fully saturated rings. The van der Waals surface area contributed by atoms with Gasteiger partial charge in [0.15, 0.2) is 0 Å². The lowest BCUT2D eigenvalue weighted by molar-refractivity contribution is -0.117. The second-order valence-corrected chi connectivity index (χ2v) is 7.78. The van der Waals surface area contributed by atoms with E-state index in [0.717, 1.165) is 45.8 Å². The van der Waals surface area contributed by atoms with Crippen LogP contribution >= 0.6 is 11.6 Å². The lowest BCUT2D eigenvalue weighted by atomic mass is 10.1. The number of rotatable bonds is 6. The second-order valence-electron chi connectivity index (χ2n) is 7.35. The van der Waals surface area contributed by atoms with Crippen molar-refractivity contribution in [2.75, 3.05) is 56.2 Å². The molecular weight excluding hydrogens is 404 g/mol. The van der Waals surface area contributed by atoms with Gasteiger partial charge in [0.1, 0.15) is 0 Å². The van der Waals surface area contributed by atoms with Gasteiger partial charge in [-0.3, -0.25) is 19.4 Å². The van der Waals surface area contributed by atoms with Gasteiger partial charge in [0.25, 0.3) is 5.91 Å². The molecule has 0 radical (unpaired) electrons. The third-order valence-electron chi connectivity index (χ3n) is 5.29. The molecule has 0 spiro atoms. The van der Waals surface area contributed by atoms with Crippen molar-refractivity contribution in [2.45, 2.75) is 6.42 Å². The SMILES string of the molecule is O=C1Nc2cc(Cl)ccc2N(C(=O)CNCCCN2CCOCC2)c2ccccc21. The summed E-state index contributed by atoms with van der Waals surface area (Å²) in [6.07, 6.45) is 0.954. The molecular formula is C22H25ClN4O3. The fourth-order valence-corrected chi connectivity index (χ4v) is 3.95. The molecule has 2 aromatic carbocycles. The minimum absolute atomic E-state index is 0.131. The summed E-state index contributed by atoms with van der Waals surface area (Å²) in [5.41, 5.74) is 2.14. The predicted molar refractivity (Wildman–Crippen MR) is 118 cm³/mol. The fraction of sp³-hybridized carbons (Fsp3) is 0.364. The Balaban J connectivity index is 1.46. The van der Waals surface area contributed by atoms with Gasteiger partial charge in [-0.05, 0) is 49.8 Å². The largest absolute Gasteiger partial charge is 0.379 e. The Labute approximate surface area is 180 Å². The molecule has 1 saturated heterocycles. The molecule has 7 nitrogen and oxygen atoms in total. The molecule has 158 valence electrons. The van der Waals surface area contributed by atoms with Gasteiger partial charge in [0.2, 0.25) is 5.91 Å². The van der Waals surface area contributed by atoms with Crippen molar-refractivity contribution in [3.05, 3.63) is 53.1 Å². The Morgan fingerprint density at radius 2 is 1.93 bits per heavy atom. The lowest BCUT2D eigenvalue weighted by Gasteiger charge is -2.26. The fourth-order valence-electron chi connectivity index (χ4n) is 3.78. The van der Waals surface area contributed by atoms with E-state index in [1.54, 1.807) is 41.3 Å². The molecule has 0 aromatic heterocycles. The summed E-state index contributed by atoms with van der Waals surface area (Å²) in [6.45, 7) is 5.40. The van der Waals surface area contributed by atoms with Gasteiger partial charge in [-0.25, -0.2) is 0 Å². The highest BCUT2D eigenvalue weighted by atomic mass is 35.5. The number of hydrogen-bond acceptors (Lipinski definition) is 5. The maximum atomic E-state index is 13.2. The van der Waals surface area contributed by atoms with Crippen LogP contribution in [0.4, 0.5) is 17.1 Å². The zero-order valence-corrected chi connectivity index (χ0v) is 17.5. The highest BCUT2D eigenvalue weighted by Gasteiger charge is 2.29. The van der Waals surface area contributed by atoms with Crippen LogP contribution in [0.25, 0.3) is 0 Å². The highest BCUT2D eigenvalue weighted by molar-refractivity contribution is 6.31. The number of anilines is 3. The van der Waals surface area contributed by atoms with E-state index in [1.165, 1.54) is 0 Å². The van der Waals surface area contributed by atoms with E-state index >= 15 is 0 Å². The molecule has 30 heavy (non-hydrogen) atoms. The number of ether oxygens (including phenoxy) is 1. The molecule has 8 heteroatoms. The summed E-state index contributed by atoms with van der Waals surface area (Å²) in [6, 6.07) is 12.3. The number of nitrogens with one attached hydrogen (secondary N) is 2. The lowest BCUT2D eigenvalue weighted by Crippen LogP contribution is -2.39. The number of amides is 2. The summed E-state index contributed by atoms with van der Waals surface area (Å²) < 4.78 is 5.36. The van der Waals surface area contributed by atoms with Crippen molar-refractivity contribution >= 4 is 40.5 Å². The Morgan fingerprint density at radius 1 is 1.13 bits per heavy atom. The molecule has 2 aliphatic rings. The normalized spacial score (nSPS) is 16.4. The van der Waals surface area contributed by atoms with Crippen LogP contribution < -0.4 is 15.5 Å². The van der Waals surface area contributed by atoms with Crippen LogP contribution in [0.2, 0.25) is 5.02 Å². The zero-order chi connectivity index (χ0) is 20.9. The van der Waals surface area contributed by atoms with E-state index in [2.05, 4.69) is 15.5 Å². The Hall–Kier alpha value is -2.45. The molecule has 4 rings (SSSR count). The summed E-state index contributed by atoms with van der Waals surface area (Å²) in [4.78, 5) is 29.8. The van der Waals surface area contributed by atoms with Crippen LogP contribution in [0, 0.1) is 0 Å². The maximum absolute atomic E-state index is 13.2. The summed E-state index contributed by atoms with van der Waals surface area (Å²) in [5.74, 6) is -0.392. The van der Waals surface area contributed by atoms with E-state index in [4.69, 9.17) is 16.3 Å². The number of para-hydroxylation sites is 1. The van der Waals surface area contributed by atoms with E-state index in [-0.39, 0.29) is 18.4 Å². The van der Waals surface area contributed by atoms with Crippen molar-refractivity contribution in [1.82, 2.24) is 10.2 Å². The molecule has 0 saturated carbocycles. The predicted octanol–water partition coefficient (Wildman–Crippen LogP) is 2.88. The first-order valence-electron chi connectivity index (χ1n) is 10.2. The minimum atomic E-state index is -0.261. The van der Waals surface area contributed by atoms with Gasteiger partial charge in [-0.15, -0.1) is 0 Å². The Morgan fingerprint density at radius 3 is 2.77 bits per heavy atom. The Kier molecular flexibility index (Phi) is 6.64. The van der Waals surface area contributed by atoms with Crippen molar-refractivity contribution in [3.8, 4) is 0 Å². The van der Waals surface area contributed by atoms with Crippen molar-refractivity contribution in [2.24, 2.45) is 0 Å². The topological polar surface area (TPSA) is 73.9 Å². The van der Waals surface area contributed by atoms with Crippen molar-refractivity contribution in [3.63, 3.8) is 0 Å². The molecule has 2 N–H and O–H groups in total. The molecule has 0 atom stereocenters. The van der Waals surface area contributed by atoms with Crippen LogP contribution in [0.15, 0.2) is 42.5 Å². The molecule has 0 unspecified atom stereocenters. The molecule has 0 bridgehead atoms. The maximum Gasteiger partial charge on any atom is 0.257 e. The van der Waals surface area contributed by atoms with E-state index in [9.17, 15) is 9.59 Å². The number of hydrogen-bond donors (Lipinski definition) is 2. The molecule has 2 aliphatic heterocycles. The van der Waals surface area contributed by atoms with Crippen LogP contribution in [0.3, 0.4) is 0 Å². The third kappa shape index (κ3) is 4.65. The van der Waals surface area contributed by atoms with E-state index in [1.807, 2.05) is 6.07 Å². The van der Waals surface area contributed by atoms with Crippen LogP contribution in [0.1, 0.15) is 16.8 Å². The summed E-state index contributed by atoms with van der Waals surface area (Å²) in [7, 11) is 0. The summed E-state index contributed by atoms with van der Waals surface area (Å²) in [5, 5.41) is 6.60. The number of halogens is 1. The van der Waals surface area contributed by atoms with E-state index in [0.29, 0.717) is 27.6 Å². The van der Waals surface area contributed by atoms with Crippen LogP contribution in [-0.4, -0.2) is 62.7 Å². The van der Waals surface area contributed by atoms with Gasteiger partial charge in [0, 0.05) is 18.1 Å². The number of carbonyl (C=O) groups is 2. The second kappa shape index (κ2) is 9.57. The van der Waals surface area contributed by atoms with Crippen molar-refractivity contribution < 1.29 is 14.3 Å². The first-order chi connectivity index (χ1) is 14.6. The number of fused-ring (bicyclic) bond motifs is 2. The smallest absolute Gasteiger partial charge is 0.257 e. The third-order valence-corrected chi connectivity index (χ3v) is 5.53. The highest BCUT2D eigenvalue weighted by Crippen LogP contribution is 2.39.